The highest BCUT2D eigenvalue weighted by atomic mass is 16.4. The van der Waals surface area contributed by atoms with Crippen LogP contribution in [0, 0.1) is 0 Å². The predicted octanol–water partition coefficient (Wildman–Crippen LogP) is 5.69. The van der Waals surface area contributed by atoms with Gasteiger partial charge in [-0.15, -0.1) is 0 Å². The van der Waals surface area contributed by atoms with Crippen molar-refractivity contribution in [3.63, 3.8) is 0 Å². The summed E-state index contributed by atoms with van der Waals surface area (Å²) in [4.78, 5) is 23.6. The third kappa shape index (κ3) is 12.9. The number of carboxylic acid groups (broad SMARTS) is 1. The first-order chi connectivity index (χ1) is 14.9. The molecule has 0 spiro atoms. The number of carbonyl (C=O) groups is 2. The molecule has 176 valence electrons. The molecule has 0 aliphatic heterocycles. The Balaban J connectivity index is 2.10. The lowest BCUT2D eigenvalue weighted by atomic mass is 10.0. The number of hydrogen-bond acceptors (Lipinski definition) is 4. The maximum absolute atomic E-state index is 12.1. The van der Waals surface area contributed by atoms with Gasteiger partial charge in [-0.1, -0.05) is 90.0 Å². The maximum atomic E-state index is 12.1. The second-order valence-corrected chi connectivity index (χ2v) is 8.48. The van der Waals surface area contributed by atoms with Gasteiger partial charge < -0.3 is 20.6 Å². The van der Waals surface area contributed by atoms with Crippen LogP contribution in [-0.2, 0) is 16.0 Å². The molecule has 0 saturated carbocycles. The van der Waals surface area contributed by atoms with Crippen LogP contribution in [0.25, 0.3) is 0 Å². The monoisotopic (exact) mass is 435 g/mol. The van der Waals surface area contributed by atoms with E-state index in [1.54, 1.807) is 0 Å². The average molecular weight is 436 g/mol. The Hall–Kier alpha value is -2.24. The second-order valence-electron chi connectivity index (χ2n) is 8.48. The van der Waals surface area contributed by atoms with Gasteiger partial charge in [0.05, 0.1) is 0 Å². The minimum Gasteiger partial charge on any atom is -0.504 e. The molecule has 1 amide bonds. The van der Waals surface area contributed by atoms with E-state index in [1.165, 1.54) is 82.4 Å². The van der Waals surface area contributed by atoms with Crippen molar-refractivity contribution in [3.8, 4) is 11.5 Å². The van der Waals surface area contributed by atoms with Crippen LogP contribution in [0.1, 0.15) is 102 Å². The summed E-state index contributed by atoms with van der Waals surface area (Å²) in [5, 5.41) is 30.8. The van der Waals surface area contributed by atoms with Gasteiger partial charge >= 0.3 is 5.97 Å². The highest BCUT2D eigenvalue weighted by Crippen LogP contribution is 2.25. The summed E-state index contributed by atoms with van der Waals surface area (Å²) in [5.41, 5.74) is 0.531. The molecule has 1 rings (SSSR count). The zero-order chi connectivity index (χ0) is 22.9. The van der Waals surface area contributed by atoms with Gasteiger partial charge in [0.15, 0.2) is 11.5 Å². The van der Waals surface area contributed by atoms with Crippen molar-refractivity contribution in [3.05, 3.63) is 23.8 Å². The lowest BCUT2D eigenvalue weighted by molar-refractivity contribution is -0.141. The number of carboxylic acids is 1. The molecule has 0 heterocycles. The summed E-state index contributed by atoms with van der Waals surface area (Å²) < 4.78 is 0. The lowest BCUT2D eigenvalue weighted by Crippen LogP contribution is -2.42. The number of unbranched alkanes of at least 4 members (excludes halogenated alkanes) is 12. The van der Waals surface area contributed by atoms with Crippen molar-refractivity contribution >= 4 is 11.9 Å². The Morgan fingerprint density at radius 3 is 1.81 bits per heavy atom. The molecule has 6 heteroatoms. The molecule has 0 aliphatic rings. The largest absolute Gasteiger partial charge is 0.504 e. The summed E-state index contributed by atoms with van der Waals surface area (Å²) in [6.45, 7) is 2.24. The van der Waals surface area contributed by atoms with Crippen LogP contribution in [-0.4, -0.2) is 33.2 Å². The standard InChI is InChI=1S/C25H41NO5/c1-2-3-4-5-6-7-8-9-10-11-12-13-14-15-24(29)26-21(25(30)31)18-20-16-17-22(27)23(28)19-20/h16-17,19,21,27-28H,2-15,18H2,1H3,(H,26,29)(H,30,31)/t21-/m0/s1. The first-order valence-electron chi connectivity index (χ1n) is 12.0. The van der Waals surface area contributed by atoms with Crippen LogP contribution in [0.15, 0.2) is 18.2 Å². The fourth-order valence-electron chi connectivity index (χ4n) is 3.70. The van der Waals surface area contributed by atoms with E-state index in [1.807, 2.05) is 0 Å². The van der Waals surface area contributed by atoms with E-state index in [0.717, 1.165) is 19.3 Å². The summed E-state index contributed by atoms with van der Waals surface area (Å²) >= 11 is 0. The van der Waals surface area contributed by atoms with E-state index >= 15 is 0 Å². The number of phenolic OH excluding ortho intramolecular Hbond substituents is 2. The minimum atomic E-state index is -1.12. The van der Waals surface area contributed by atoms with Gasteiger partial charge in [-0.3, -0.25) is 4.79 Å². The van der Waals surface area contributed by atoms with Crippen molar-refractivity contribution in [1.29, 1.82) is 0 Å². The first-order valence-corrected chi connectivity index (χ1v) is 12.0. The number of rotatable bonds is 18. The van der Waals surface area contributed by atoms with Gasteiger partial charge in [-0.05, 0) is 24.1 Å². The van der Waals surface area contributed by atoms with E-state index < -0.39 is 12.0 Å². The first kappa shape index (κ1) is 26.8. The van der Waals surface area contributed by atoms with Crippen molar-refractivity contribution in [1.82, 2.24) is 5.32 Å². The Kier molecular flexibility index (Phi) is 14.2. The molecule has 0 saturated heterocycles. The lowest BCUT2D eigenvalue weighted by Gasteiger charge is -2.15. The molecule has 1 aromatic rings. The predicted molar refractivity (Wildman–Crippen MR) is 123 cm³/mol. The number of nitrogens with one attached hydrogen (secondary N) is 1. The van der Waals surface area contributed by atoms with Gasteiger partial charge in [-0.2, -0.15) is 0 Å². The van der Waals surface area contributed by atoms with E-state index in [-0.39, 0.29) is 23.8 Å². The smallest absolute Gasteiger partial charge is 0.326 e. The highest BCUT2D eigenvalue weighted by Gasteiger charge is 2.20. The van der Waals surface area contributed by atoms with E-state index in [9.17, 15) is 24.9 Å². The molecule has 0 unspecified atom stereocenters. The number of amides is 1. The number of aromatic hydroxyl groups is 2. The third-order valence-corrected chi connectivity index (χ3v) is 5.62. The number of carbonyl (C=O) groups excluding carboxylic acids is 1. The zero-order valence-corrected chi connectivity index (χ0v) is 19.1. The van der Waals surface area contributed by atoms with Crippen LogP contribution in [0.4, 0.5) is 0 Å². The highest BCUT2D eigenvalue weighted by molar-refractivity contribution is 5.83. The van der Waals surface area contributed by atoms with Gasteiger partial charge in [0.25, 0.3) is 0 Å². The number of aliphatic carboxylic acids is 1. The Labute approximate surface area is 187 Å². The molecule has 0 aliphatic carbocycles. The second kappa shape index (κ2) is 16.5. The quantitative estimate of drug-likeness (QED) is 0.175. The van der Waals surface area contributed by atoms with Gasteiger partial charge in [0.2, 0.25) is 5.91 Å². The maximum Gasteiger partial charge on any atom is 0.326 e. The number of hydrogen-bond donors (Lipinski definition) is 4. The topological polar surface area (TPSA) is 107 Å². The van der Waals surface area contributed by atoms with Crippen molar-refractivity contribution in [2.45, 2.75) is 109 Å². The molecule has 4 N–H and O–H groups in total. The van der Waals surface area contributed by atoms with Gasteiger partial charge in [-0.25, -0.2) is 4.79 Å². The molecule has 1 atom stereocenters. The molecule has 6 nitrogen and oxygen atoms in total. The van der Waals surface area contributed by atoms with Crippen LogP contribution in [0.3, 0.4) is 0 Å². The van der Waals surface area contributed by atoms with Crippen molar-refractivity contribution < 1.29 is 24.9 Å². The number of phenols is 2. The average Bonchev–Trinajstić information content (AvgIpc) is 2.73. The van der Waals surface area contributed by atoms with E-state index in [4.69, 9.17) is 0 Å². The Bertz CT molecular complexity index is 647. The molecule has 0 bridgehead atoms. The molecule has 1 aromatic carbocycles. The summed E-state index contributed by atoms with van der Waals surface area (Å²) in [5.74, 6) is -1.95. The van der Waals surface area contributed by atoms with Crippen LogP contribution in [0.5, 0.6) is 11.5 Å². The normalized spacial score (nSPS) is 11.9. The van der Waals surface area contributed by atoms with Crippen LogP contribution < -0.4 is 5.32 Å². The van der Waals surface area contributed by atoms with Crippen molar-refractivity contribution in [2.75, 3.05) is 0 Å². The summed E-state index contributed by atoms with van der Waals surface area (Å²) in [7, 11) is 0. The minimum absolute atomic E-state index is 0.0491. The third-order valence-electron chi connectivity index (χ3n) is 5.62. The Morgan fingerprint density at radius 2 is 1.32 bits per heavy atom. The van der Waals surface area contributed by atoms with Gasteiger partial charge in [0, 0.05) is 12.8 Å². The SMILES string of the molecule is CCCCCCCCCCCCCCCC(=O)N[C@@H](Cc1ccc(O)c(O)c1)C(=O)O. The molecule has 0 fully saturated rings. The zero-order valence-electron chi connectivity index (χ0n) is 19.1. The van der Waals surface area contributed by atoms with E-state index in [0.29, 0.717) is 12.0 Å². The molecule has 0 aromatic heterocycles. The molecule has 31 heavy (non-hydrogen) atoms. The van der Waals surface area contributed by atoms with E-state index in [2.05, 4.69) is 12.2 Å². The van der Waals surface area contributed by atoms with Crippen molar-refractivity contribution in [2.24, 2.45) is 0 Å². The summed E-state index contributed by atoms with van der Waals surface area (Å²) in [6.07, 6.45) is 16.4. The fourth-order valence-corrected chi connectivity index (χ4v) is 3.70. The fraction of sp³-hybridized carbons (Fsp3) is 0.680. The number of benzene rings is 1. The molecular formula is C25H41NO5. The molecular weight excluding hydrogens is 394 g/mol. The van der Waals surface area contributed by atoms with Crippen LogP contribution >= 0.6 is 0 Å². The Morgan fingerprint density at radius 1 is 0.806 bits per heavy atom. The van der Waals surface area contributed by atoms with Gasteiger partial charge in [0.1, 0.15) is 6.04 Å². The van der Waals surface area contributed by atoms with Crippen LogP contribution in [0.2, 0.25) is 0 Å². The molecule has 0 radical (unpaired) electrons. The summed E-state index contributed by atoms with van der Waals surface area (Å²) in [6, 6.07) is 3.09.